The lowest BCUT2D eigenvalue weighted by Gasteiger charge is -2.11. The summed E-state index contributed by atoms with van der Waals surface area (Å²) in [6.45, 7) is 2.12. The topological polar surface area (TPSA) is 0 Å². The number of thiocarbonyl (C=S) groups is 1. The van der Waals surface area contributed by atoms with Crippen LogP contribution in [0.15, 0.2) is 54.6 Å². The van der Waals surface area contributed by atoms with Crippen molar-refractivity contribution in [2.24, 2.45) is 0 Å². The van der Waals surface area contributed by atoms with E-state index in [0.717, 1.165) is 11.3 Å². The third-order valence-electron chi connectivity index (χ3n) is 3.37. The molecule has 0 fully saturated rings. The average molecular weight is 250 g/mol. The third-order valence-corrected chi connectivity index (χ3v) is 3.86. The molecule has 0 aromatic heterocycles. The number of benzene rings is 3. The molecule has 3 rings (SSSR count). The maximum Gasteiger partial charge on any atom is 0.0234 e. The average Bonchev–Trinajstić information content (AvgIpc) is 2.44. The smallest absolute Gasteiger partial charge is 0.0234 e. The van der Waals surface area contributed by atoms with Crippen molar-refractivity contribution in [3.8, 4) is 0 Å². The van der Waals surface area contributed by atoms with E-state index in [9.17, 15) is 0 Å². The molecule has 0 nitrogen and oxygen atoms in total. The Morgan fingerprint density at radius 3 is 1.89 bits per heavy atom. The van der Waals surface area contributed by atoms with Gasteiger partial charge in [0.15, 0.2) is 0 Å². The van der Waals surface area contributed by atoms with Gasteiger partial charge in [0.1, 0.15) is 0 Å². The molecule has 0 heterocycles. The molecule has 88 valence electrons. The highest BCUT2D eigenvalue weighted by atomic mass is 32.1. The first-order valence-corrected chi connectivity index (χ1v) is 6.66. The Kier molecular flexibility index (Phi) is 2.85. The molecule has 0 aliphatic rings. The summed E-state index contributed by atoms with van der Waals surface area (Å²) in [6, 6.07) is 19.2. The zero-order chi connectivity index (χ0) is 12.5. The number of hydrogen-bond acceptors (Lipinski definition) is 1. The van der Waals surface area contributed by atoms with Crippen LogP contribution in [0.4, 0.5) is 0 Å². The van der Waals surface area contributed by atoms with Gasteiger partial charge in [0.05, 0.1) is 0 Å². The van der Waals surface area contributed by atoms with Gasteiger partial charge in [-0.3, -0.25) is 0 Å². The molecule has 0 aliphatic heterocycles. The third kappa shape index (κ3) is 1.72. The van der Waals surface area contributed by atoms with Crippen molar-refractivity contribution in [1.82, 2.24) is 0 Å². The van der Waals surface area contributed by atoms with Gasteiger partial charge in [-0.2, -0.15) is 0 Å². The minimum absolute atomic E-state index is 0.910. The van der Waals surface area contributed by atoms with E-state index < -0.39 is 0 Å². The van der Waals surface area contributed by atoms with Crippen LogP contribution in [0.3, 0.4) is 0 Å². The van der Waals surface area contributed by atoms with Crippen LogP contribution in [-0.2, 0) is 0 Å². The van der Waals surface area contributed by atoms with E-state index >= 15 is 0 Å². The molecule has 18 heavy (non-hydrogen) atoms. The minimum Gasteiger partial charge on any atom is -0.0842 e. The van der Waals surface area contributed by atoms with Crippen LogP contribution < -0.4 is 0 Å². The van der Waals surface area contributed by atoms with Crippen LogP contribution >= 0.6 is 12.2 Å². The summed E-state index contributed by atoms with van der Waals surface area (Å²) in [5, 5.41) is 5.06. The van der Waals surface area contributed by atoms with Crippen molar-refractivity contribution in [3.05, 3.63) is 60.2 Å². The summed E-state index contributed by atoms with van der Waals surface area (Å²) in [6.07, 6.45) is 0.910. The Morgan fingerprint density at radius 2 is 1.39 bits per heavy atom. The molecule has 3 aromatic rings. The van der Waals surface area contributed by atoms with Gasteiger partial charge in [-0.05, 0) is 34.0 Å². The van der Waals surface area contributed by atoms with Gasteiger partial charge in [0, 0.05) is 10.4 Å². The molecule has 3 aromatic carbocycles. The fourth-order valence-corrected chi connectivity index (χ4v) is 2.71. The largest absolute Gasteiger partial charge is 0.0842 e. The second kappa shape index (κ2) is 4.51. The minimum atomic E-state index is 0.910. The Labute approximate surface area is 112 Å². The maximum atomic E-state index is 5.58. The lowest BCUT2D eigenvalue weighted by molar-refractivity contribution is 1.32. The molecule has 0 amide bonds. The molecule has 0 saturated heterocycles. The lowest BCUT2D eigenvalue weighted by atomic mass is 9.94. The second-order valence-electron chi connectivity index (χ2n) is 4.47. The molecular weight excluding hydrogens is 236 g/mol. The number of fused-ring (bicyclic) bond motifs is 2. The molecule has 0 radical (unpaired) electrons. The Balaban J connectivity index is 2.53. The van der Waals surface area contributed by atoms with Crippen molar-refractivity contribution in [3.63, 3.8) is 0 Å². The van der Waals surface area contributed by atoms with Gasteiger partial charge in [0.2, 0.25) is 0 Å². The van der Waals surface area contributed by atoms with Gasteiger partial charge < -0.3 is 0 Å². The van der Waals surface area contributed by atoms with E-state index in [1.54, 1.807) is 0 Å². The fourth-order valence-electron chi connectivity index (χ4n) is 2.49. The monoisotopic (exact) mass is 250 g/mol. The highest BCUT2D eigenvalue weighted by molar-refractivity contribution is 7.80. The summed E-state index contributed by atoms with van der Waals surface area (Å²) < 4.78 is 0. The van der Waals surface area contributed by atoms with Crippen molar-refractivity contribution in [2.45, 2.75) is 13.3 Å². The molecule has 0 N–H and O–H groups in total. The maximum absolute atomic E-state index is 5.58. The van der Waals surface area contributed by atoms with E-state index in [1.807, 2.05) is 0 Å². The van der Waals surface area contributed by atoms with Crippen molar-refractivity contribution >= 4 is 38.6 Å². The van der Waals surface area contributed by atoms with Gasteiger partial charge >= 0.3 is 0 Å². The second-order valence-corrected chi connectivity index (χ2v) is 4.96. The predicted molar refractivity (Wildman–Crippen MR) is 83.4 cm³/mol. The van der Waals surface area contributed by atoms with Gasteiger partial charge in [0.25, 0.3) is 0 Å². The zero-order valence-corrected chi connectivity index (χ0v) is 11.1. The summed E-state index contributed by atoms with van der Waals surface area (Å²) >= 11 is 5.58. The first-order chi connectivity index (χ1) is 8.81. The van der Waals surface area contributed by atoms with Crippen molar-refractivity contribution < 1.29 is 0 Å². The first kappa shape index (κ1) is 11.4. The van der Waals surface area contributed by atoms with Crippen LogP contribution in [0.2, 0.25) is 0 Å². The zero-order valence-electron chi connectivity index (χ0n) is 10.3. The highest BCUT2D eigenvalue weighted by Crippen LogP contribution is 2.29. The molecule has 0 atom stereocenters. The Hall–Kier alpha value is -1.73. The molecule has 1 heteroatoms. The van der Waals surface area contributed by atoms with Crippen LogP contribution in [0.5, 0.6) is 0 Å². The summed E-state index contributed by atoms with van der Waals surface area (Å²) in [5.41, 5.74) is 1.24. The Bertz CT molecular complexity index is 687. The van der Waals surface area contributed by atoms with Crippen LogP contribution in [0, 0.1) is 0 Å². The fraction of sp³-hybridized carbons (Fsp3) is 0.118. The normalized spacial score (nSPS) is 10.9. The van der Waals surface area contributed by atoms with Gasteiger partial charge in [-0.1, -0.05) is 67.7 Å². The predicted octanol–water partition coefficient (Wildman–Crippen LogP) is 5.12. The number of rotatable bonds is 2. The quantitative estimate of drug-likeness (QED) is 0.345. The van der Waals surface area contributed by atoms with E-state index in [1.165, 1.54) is 27.1 Å². The SMILES string of the molecule is CCC(=S)c1c2ccccc2cc2ccccc12. The van der Waals surface area contributed by atoms with Crippen molar-refractivity contribution in [2.75, 3.05) is 0 Å². The lowest BCUT2D eigenvalue weighted by Crippen LogP contribution is -1.98. The molecule has 0 saturated carbocycles. The molecule has 0 unspecified atom stereocenters. The van der Waals surface area contributed by atoms with Gasteiger partial charge in [-0.15, -0.1) is 0 Å². The summed E-state index contributed by atoms with van der Waals surface area (Å²) in [4.78, 5) is 1.04. The summed E-state index contributed by atoms with van der Waals surface area (Å²) in [5.74, 6) is 0. The highest BCUT2D eigenvalue weighted by Gasteiger charge is 2.09. The van der Waals surface area contributed by atoms with E-state index in [0.29, 0.717) is 0 Å². The molecule has 0 bridgehead atoms. The number of hydrogen-bond donors (Lipinski definition) is 0. The van der Waals surface area contributed by atoms with Crippen LogP contribution in [0.25, 0.3) is 21.5 Å². The first-order valence-electron chi connectivity index (χ1n) is 6.25. The van der Waals surface area contributed by atoms with Crippen molar-refractivity contribution in [1.29, 1.82) is 0 Å². The molecular formula is C17H14S. The van der Waals surface area contributed by atoms with E-state index in [2.05, 4.69) is 61.5 Å². The molecule has 0 aliphatic carbocycles. The Morgan fingerprint density at radius 1 is 0.889 bits per heavy atom. The van der Waals surface area contributed by atoms with E-state index in [-0.39, 0.29) is 0 Å². The molecule has 0 spiro atoms. The van der Waals surface area contributed by atoms with Crippen LogP contribution in [0.1, 0.15) is 18.9 Å². The van der Waals surface area contributed by atoms with E-state index in [4.69, 9.17) is 12.2 Å². The van der Waals surface area contributed by atoms with Crippen LogP contribution in [-0.4, -0.2) is 4.86 Å². The standard InChI is InChI=1S/C17H14S/c1-2-16(18)17-14-9-5-3-7-12(14)11-13-8-4-6-10-15(13)17/h3-11H,2H2,1H3. The summed E-state index contributed by atoms with van der Waals surface area (Å²) in [7, 11) is 0. The van der Waals surface area contributed by atoms with Gasteiger partial charge in [-0.25, -0.2) is 0 Å².